The van der Waals surface area contributed by atoms with Crippen molar-refractivity contribution in [3.63, 3.8) is 0 Å². The molecule has 0 radical (unpaired) electrons. The molecule has 1 heterocycles. The SMILES string of the molecule is Cc1ccc(F)cc1CC1CCCNCC1. The van der Waals surface area contributed by atoms with Gasteiger partial charge >= 0.3 is 0 Å². The van der Waals surface area contributed by atoms with Crippen molar-refractivity contribution >= 4 is 0 Å². The van der Waals surface area contributed by atoms with Crippen molar-refractivity contribution in [3.05, 3.63) is 35.1 Å². The van der Waals surface area contributed by atoms with Gasteiger partial charge in [0.2, 0.25) is 0 Å². The average molecular weight is 221 g/mol. The Morgan fingerprint density at radius 3 is 3.06 bits per heavy atom. The van der Waals surface area contributed by atoms with Crippen LogP contribution in [0.25, 0.3) is 0 Å². The van der Waals surface area contributed by atoms with Crippen LogP contribution in [0.1, 0.15) is 30.4 Å². The number of hydrogen-bond donors (Lipinski definition) is 1. The number of rotatable bonds is 2. The molecule has 2 rings (SSSR count). The van der Waals surface area contributed by atoms with E-state index >= 15 is 0 Å². The van der Waals surface area contributed by atoms with Crippen molar-refractivity contribution in [2.24, 2.45) is 5.92 Å². The molecule has 1 unspecified atom stereocenters. The van der Waals surface area contributed by atoms with E-state index in [2.05, 4.69) is 12.2 Å². The van der Waals surface area contributed by atoms with E-state index < -0.39 is 0 Å². The molecule has 0 bridgehead atoms. The third-order valence-electron chi connectivity index (χ3n) is 3.52. The zero-order valence-corrected chi connectivity index (χ0v) is 9.93. The minimum absolute atomic E-state index is 0.104. The molecule has 1 saturated heterocycles. The van der Waals surface area contributed by atoms with Gasteiger partial charge in [0.05, 0.1) is 0 Å². The molecular formula is C14H20FN. The summed E-state index contributed by atoms with van der Waals surface area (Å²) >= 11 is 0. The molecule has 88 valence electrons. The summed E-state index contributed by atoms with van der Waals surface area (Å²) in [6.07, 6.45) is 4.77. The van der Waals surface area contributed by atoms with Crippen LogP contribution in [-0.2, 0) is 6.42 Å². The molecule has 1 N–H and O–H groups in total. The van der Waals surface area contributed by atoms with Crippen molar-refractivity contribution in [3.8, 4) is 0 Å². The van der Waals surface area contributed by atoms with E-state index in [-0.39, 0.29) is 5.82 Å². The van der Waals surface area contributed by atoms with Gasteiger partial charge < -0.3 is 5.32 Å². The summed E-state index contributed by atoms with van der Waals surface area (Å²) in [4.78, 5) is 0. The molecule has 1 atom stereocenters. The van der Waals surface area contributed by atoms with E-state index in [1.807, 2.05) is 6.07 Å². The first-order valence-electron chi connectivity index (χ1n) is 6.21. The van der Waals surface area contributed by atoms with Crippen LogP contribution in [0.2, 0.25) is 0 Å². The van der Waals surface area contributed by atoms with Gasteiger partial charge in [-0.1, -0.05) is 6.07 Å². The highest BCUT2D eigenvalue weighted by Gasteiger charge is 2.13. The predicted octanol–water partition coefficient (Wildman–Crippen LogP) is 3.07. The molecule has 1 fully saturated rings. The molecular weight excluding hydrogens is 201 g/mol. The molecule has 0 spiro atoms. The number of aryl methyl sites for hydroxylation is 1. The Labute approximate surface area is 97.1 Å². The fraction of sp³-hybridized carbons (Fsp3) is 0.571. The molecule has 1 aromatic rings. The number of halogens is 1. The fourth-order valence-corrected chi connectivity index (χ4v) is 2.47. The van der Waals surface area contributed by atoms with Gasteiger partial charge in [-0.3, -0.25) is 0 Å². The lowest BCUT2D eigenvalue weighted by atomic mass is 9.91. The Bertz CT molecular complexity index is 341. The van der Waals surface area contributed by atoms with E-state index in [0.717, 1.165) is 25.4 Å². The van der Waals surface area contributed by atoms with E-state index in [9.17, 15) is 4.39 Å². The molecule has 0 saturated carbocycles. The number of hydrogen-bond acceptors (Lipinski definition) is 1. The first-order valence-corrected chi connectivity index (χ1v) is 6.21. The minimum atomic E-state index is -0.104. The molecule has 0 amide bonds. The highest BCUT2D eigenvalue weighted by Crippen LogP contribution is 2.21. The summed E-state index contributed by atoms with van der Waals surface area (Å²) < 4.78 is 13.2. The van der Waals surface area contributed by atoms with Crippen molar-refractivity contribution in [2.75, 3.05) is 13.1 Å². The summed E-state index contributed by atoms with van der Waals surface area (Å²) in [7, 11) is 0. The van der Waals surface area contributed by atoms with Crippen LogP contribution in [0.5, 0.6) is 0 Å². The molecule has 16 heavy (non-hydrogen) atoms. The lowest BCUT2D eigenvalue weighted by Crippen LogP contribution is -2.14. The maximum Gasteiger partial charge on any atom is 0.123 e. The standard InChI is InChI=1S/C14H20FN/c1-11-4-5-14(15)10-13(11)9-12-3-2-7-16-8-6-12/h4-5,10,12,16H,2-3,6-9H2,1H3. The predicted molar refractivity (Wildman–Crippen MR) is 65.1 cm³/mol. The van der Waals surface area contributed by atoms with Crippen LogP contribution in [0.4, 0.5) is 4.39 Å². The Hall–Kier alpha value is -0.890. The second-order valence-corrected chi connectivity index (χ2v) is 4.82. The van der Waals surface area contributed by atoms with Crippen LogP contribution in [0.3, 0.4) is 0 Å². The normalized spacial score (nSPS) is 21.8. The third kappa shape index (κ3) is 3.05. The van der Waals surface area contributed by atoms with Crippen LogP contribution >= 0.6 is 0 Å². The highest BCUT2D eigenvalue weighted by molar-refractivity contribution is 5.27. The molecule has 1 aliphatic rings. The zero-order valence-electron chi connectivity index (χ0n) is 9.93. The summed E-state index contributed by atoms with van der Waals surface area (Å²) in [6, 6.07) is 5.14. The summed E-state index contributed by atoms with van der Waals surface area (Å²) in [5, 5.41) is 3.41. The third-order valence-corrected chi connectivity index (χ3v) is 3.52. The molecule has 1 aromatic carbocycles. The Balaban J connectivity index is 2.04. The zero-order chi connectivity index (χ0) is 11.4. The summed E-state index contributed by atoms with van der Waals surface area (Å²) in [5.41, 5.74) is 2.41. The highest BCUT2D eigenvalue weighted by atomic mass is 19.1. The van der Waals surface area contributed by atoms with Gasteiger partial charge in [-0.05, 0) is 74.9 Å². The van der Waals surface area contributed by atoms with Gasteiger partial charge in [0, 0.05) is 0 Å². The van der Waals surface area contributed by atoms with E-state index in [4.69, 9.17) is 0 Å². The quantitative estimate of drug-likeness (QED) is 0.809. The second-order valence-electron chi connectivity index (χ2n) is 4.82. The second kappa shape index (κ2) is 5.44. The smallest absolute Gasteiger partial charge is 0.123 e. The summed E-state index contributed by atoms with van der Waals surface area (Å²) in [5.74, 6) is 0.614. The van der Waals surface area contributed by atoms with Crippen molar-refractivity contribution in [1.29, 1.82) is 0 Å². The van der Waals surface area contributed by atoms with Gasteiger partial charge in [0.1, 0.15) is 5.82 Å². The molecule has 1 aliphatic heterocycles. The number of nitrogens with one attached hydrogen (secondary N) is 1. The van der Waals surface area contributed by atoms with Crippen LogP contribution in [-0.4, -0.2) is 13.1 Å². The van der Waals surface area contributed by atoms with Gasteiger partial charge in [-0.25, -0.2) is 4.39 Å². The molecule has 0 aromatic heterocycles. The van der Waals surface area contributed by atoms with Crippen LogP contribution in [0, 0.1) is 18.7 Å². The lowest BCUT2D eigenvalue weighted by molar-refractivity contribution is 0.468. The first-order chi connectivity index (χ1) is 7.75. The average Bonchev–Trinajstić information content (AvgIpc) is 2.52. The largest absolute Gasteiger partial charge is 0.317 e. The molecule has 2 heteroatoms. The van der Waals surface area contributed by atoms with Gasteiger partial charge in [-0.15, -0.1) is 0 Å². The minimum Gasteiger partial charge on any atom is -0.317 e. The number of benzene rings is 1. The van der Waals surface area contributed by atoms with Crippen molar-refractivity contribution in [2.45, 2.75) is 32.6 Å². The Morgan fingerprint density at radius 1 is 1.31 bits per heavy atom. The topological polar surface area (TPSA) is 12.0 Å². The lowest BCUT2D eigenvalue weighted by Gasteiger charge is -2.15. The first kappa shape index (κ1) is 11.6. The van der Waals surface area contributed by atoms with Crippen molar-refractivity contribution < 1.29 is 4.39 Å². The van der Waals surface area contributed by atoms with Gasteiger partial charge in [0.25, 0.3) is 0 Å². The fourth-order valence-electron chi connectivity index (χ4n) is 2.47. The van der Waals surface area contributed by atoms with Gasteiger partial charge in [0.15, 0.2) is 0 Å². The van der Waals surface area contributed by atoms with Crippen molar-refractivity contribution in [1.82, 2.24) is 5.32 Å². The van der Waals surface area contributed by atoms with Gasteiger partial charge in [-0.2, -0.15) is 0 Å². The van der Waals surface area contributed by atoms with E-state index in [0.29, 0.717) is 0 Å². The van der Waals surface area contributed by atoms with Crippen LogP contribution < -0.4 is 5.32 Å². The Morgan fingerprint density at radius 2 is 2.19 bits per heavy atom. The Kier molecular flexibility index (Phi) is 3.94. The maximum atomic E-state index is 13.2. The molecule has 0 aliphatic carbocycles. The summed E-state index contributed by atoms with van der Waals surface area (Å²) in [6.45, 7) is 4.32. The monoisotopic (exact) mass is 221 g/mol. The van der Waals surface area contributed by atoms with E-state index in [1.165, 1.54) is 30.4 Å². The maximum absolute atomic E-state index is 13.2. The van der Waals surface area contributed by atoms with Crippen LogP contribution in [0.15, 0.2) is 18.2 Å². The van der Waals surface area contributed by atoms with E-state index in [1.54, 1.807) is 12.1 Å². The molecule has 1 nitrogen and oxygen atoms in total.